The number of carbonyl (C=O) groups is 2. The zero-order chi connectivity index (χ0) is 12.5. The molecular formula is C9H18N2O4. The number of nitrogens with zero attached hydrogens (tertiary/aromatic N) is 1. The quantitative estimate of drug-likeness (QED) is 0.462. The number of rotatable bonds is 4. The topological polar surface area (TPSA) is 89.5 Å². The summed E-state index contributed by atoms with van der Waals surface area (Å²) in [4.78, 5) is 19.5. The van der Waals surface area contributed by atoms with E-state index in [0.29, 0.717) is 11.0 Å². The normalized spacial score (nSPS) is 9.53. The number of hydrogen-bond acceptors (Lipinski definition) is 3. The van der Waals surface area contributed by atoms with E-state index in [1.807, 2.05) is 0 Å². The van der Waals surface area contributed by atoms with E-state index in [1.165, 1.54) is 6.08 Å². The zero-order valence-corrected chi connectivity index (χ0v) is 9.32. The fraction of sp³-hybridized carbons (Fsp3) is 0.556. The zero-order valence-electron chi connectivity index (χ0n) is 9.32. The third-order valence-electron chi connectivity index (χ3n) is 1.00. The van der Waals surface area contributed by atoms with Crippen LogP contribution in [0.4, 0.5) is 4.79 Å². The van der Waals surface area contributed by atoms with Gasteiger partial charge >= 0.3 is 6.09 Å². The summed E-state index contributed by atoms with van der Waals surface area (Å²) in [5, 5.41) is 19.9. The molecule has 0 saturated heterocycles. The minimum absolute atomic E-state index is 0.0694. The van der Waals surface area contributed by atoms with Crippen molar-refractivity contribution >= 4 is 12.1 Å². The molecule has 0 fully saturated rings. The number of amides is 1. The van der Waals surface area contributed by atoms with Crippen LogP contribution in [0.1, 0.15) is 0 Å². The molecule has 0 saturated carbocycles. The van der Waals surface area contributed by atoms with Gasteiger partial charge in [-0.25, -0.2) is 4.79 Å². The van der Waals surface area contributed by atoms with Gasteiger partial charge in [0.25, 0.3) is 0 Å². The Labute approximate surface area is 89.4 Å². The average molecular weight is 218 g/mol. The maximum Gasteiger partial charge on any atom is 0.404 e. The first kappa shape index (κ1) is 15.9. The third-order valence-corrected chi connectivity index (χ3v) is 1.00. The molecule has 0 atom stereocenters. The molecule has 15 heavy (non-hydrogen) atoms. The summed E-state index contributed by atoms with van der Waals surface area (Å²) < 4.78 is 0.419. The minimum atomic E-state index is -1.01. The predicted octanol–water partition coefficient (Wildman–Crippen LogP) is -1.12. The monoisotopic (exact) mass is 218 g/mol. The maximum absolute atomic E-state index is 9.89. The number of quaternary nitrogens is 1. The molecule has 0 spiro atoms. The van der Waals surface area contributed by atoms with Crippen LogP contribution >= 0.6 is 0 Å². The van der Waals surface area contributed by atoms with Gasteiger partial charge in [-0.3, -0.25) is 0 Å². The fourth-order valence-electron chi connectivity index (χ4n) is 0.547. The maximum atomic E-state index is 9.89. The number of aliphatic carboxylic acids is 1. The van der Waals surface area contributed by atoms with Crippen LogP contribution in [0.25, 0.3) is 0 Å². The number of carboxylic acids is 1. The van der Waals surface area contributed by atoms with Gasteiger partial charge in [0.1, 0.15) is 6.54 Å². The summed E-state index contributed by atoms with van der Waals surface area (Å²) in [6.07, 6.45) is 0.466. The molecule has 0 aliphatic rings. The number of nitrogens with one attached hydrogen (secondary N) is 1. The van der Waals surface area contributed by atoms with Crippen molar-refractivity contribution in [2.75, 3.05) is 34.2 Å². The lowest BCUT2D eigenvalue weighted by molar-refractivity contribution is -0.864. The molecular weight excluding hydrogens is 200 g/mol. The molecule has 0 aliphatic heterocycles. The number of hydrogen-bond donors (Lipinski definition) is 2. The first-order chi connectivity index (χ1) is 6.69. The van der Waals surface area contributed by atoms with Gasteiger partial charge in [-0.2, -0.15) is 0 Å². The van der Waals surface area contributed by atoms with Crippen LogP contribution in [0.2, 0.25) is 0 Å². The first-order valence-corrected chi connectivity index (χ1v) is 4.27. The molecule has 6 heteroatoms. The van der Waals surface area contributed by atoms with Crippen LogP contribution in [0, 0.1) is 0 Å². The second-order valence-corrected chi connectivity index (χ2v) is 3.80. The van der Waals surface area contributed by atoms with Gasteiger partial charge < -0.3 is 24.8 Å². The number of carbonyl (C=O) groups excluding carboxylic acids is 1. The Morgan fingerprint density at radius 1 is 1.47 bits per heavy atom. The Balaban J connectivity index is 0. The fourth-order valence-corrected chi connectivity index (χ4v) is 0.547. The van der Waals surface area contributed by atoms with Crippen molar-refractivity contribution in [3.05, 3.63) is 12.7 Å². The molecule has 88 valence electrons. The smallest absolute Gasteiger partial charge is 0.404 e. The molecule has 2 N–H and O–H groups in total. The van der Waals surface area contributed by atoms with Crippen LogP contribution in [0.15, 0.2) is 12.7 Å². The minimum Gasteiger partial charge on any atom is -0.544 e. The summed E-state index contributed by atoms with van der Waals surface area (Å²) in [6, 6.07) is 0. The molecule has 0 aromatic rings. The standard InChI is InChI=1S/C5H11NO2.C4H7NO2/c1-6(2,3)4-5(7)8;1-2-3-5-4(6)7/h4H2,1-3H3;2,5H,1,3H2,(H,6,7). The Bertz CT molecular complexity index is 221. The summed E-state index contributed by atoms with van der Waals surface area (Å²) in [7, 11) is 5.40. The van der Waals surface area contributed by atoms with Gasteiger partial charge in [0.05, 0.1) is 27.1 Å². The van der Waals surface area contributed by atoms with Crippen molar-refractivity contribution in [3.8, 4) is 0 Å². The molecule has 0 aromatic carbocycles. The molecule has 0 rings (SSSR count). The van der Waals surface area contributed by atoms with Crippen molar-refractivity contribution in [3.63, 3.8) is 0 Å². The predicted molar refractivity (Wildman–Crippen MR) is 54.1 cm³/mol. The highest BCUT2D eigenvalue weighted by Gasteiger charge is 2.04. The summed E-state index contributed by atoms with van der Waals surface area (Å²) in [5.41, 5.74) is 0. The molecule has 0 unspecified atom stereocenters. The van der Waals surface area contributed by atoms with Gasteiger partial charge in [0.15, 0.2) is 0 Å². The second-order valence-electron chi connectivity index (χ2n) is 3.80. The SMILES string of the molecule is C=CCNC(=O)O.C[N+](C)(C)CC(=O)[O-]. The van der Waals surface area contributed by atoms with Crippen LogP contribution in [0.3, 0.4) is 0 Å². The lowest BCUT2D eigenvalue weighted by atomic mass is 10.5. The van der Waals surface area contributed by atoms with Crippen LogP contribution in [0.5, 0.6) is 0 Å². The van der Waals surface area contributed by atoms with Gasteiger partial charge in [-0.1, -0.05) is 6.08 Å². The number of carboxylic acid groups (broad SMARTS) is 2. The van der Waals surface area contributed by atoms with Crippen LogP contribution < -0.4 is 10.4 Å². The van der Waals surface area contributed by atoms with E-state index in [-0.39, 0.29) is 6.54 Å². The highest BCUT2D eigenvalue weighted by atomic mass is 16.4. The summed E-state index contributed by atoms with van der Waals surface area (Å²) in [5.74, 6) is -1.00. The lowest BCUT2D eigenvalue weighted by Crippen LogP contribution is -2.45. The highest BCUT2D eigenvalue weighted by Crippen LogP contribution is 1.84. The Morgan fingerprint density at radius 2 is 1.93 bits per heavy atom. The van der Waals surface area contributed by atoms with Crippen LogP contribution in [-0.2, 0) is 4.79 Å². The van der Waals surface area contributed by atoms with E-state index in [0.717, 1.165) is 0 Å². The van der Waals surface area contributed by atoms with E-state index < -0.39 is 12.1 Å². The van der Waals surface area contributed by atoms with Gasteiger partial charge in [0, 0.05) is 6.54 Å². The Morgan fingerprint density at radius 3 is 2.00 bits per heavy atom. The third kappa shape index (κ3) is 24.5. The summed E-state index contributed by atoms with van der Waals surface area (Å²) >= 11 is 0. The largest absolute Gasteiger partial charge is 0.544 e. The van der Waals surface area contributed by atoms with Crippen molar-refractivity contribution in [2.45, 2.75) is 0 Å². The molecule has 1 amide bonds. The van der Waals surface area contributed by atoms with Gasteiger partial charge in [0.2, 0.25) is 0 Å². The molecule has 0 bridgehead atoms. The van der Waals surface area contributed by atoms with Crippen molar-refractivity contribution < 1.29 is 24.3 Å². The van der Waals surface area contributed by atoms with Crippen molar-refractivity contribution in [1.82, 2.24) is 5.32 Å². The van der Waals surface area contributed by atoms with Crippen LogP contribution in [-0.4, -0.2) is 55.9 Å². The van der Waals surface area contributed by atoms with Crippen molar-refractivity contribution in [1.29, 1.82) is 0 Å². The summed E-state index contributed by atoms with van der Waals surface area (Å²) in [6.45, 7) is 3.69. The second kappa shape index (κ2) is 7.81. The molecule has 6 nitrogen and oxygen atoms in total. The van der Waals surface area contributed by atoms with E-state index in [1.54, 1.807) is 21.1 Å². The molecule has 0 heterocycles. The van der Waals surface area contributed by atoms with E-state index in [4.69, 9.17) is 5.11 Å². The Kier molecular flexibility index (Phi) is 8.27. The first-order valence-electron chi connectivity index (χ1n) is 4.27. The van der Waals surface area contributed by atoms with Crippen molar-refractivity contribution in [2.24, 2.45) is 0 Å². The number of likely N-dealkylation sites (N-methyl/N-ethyl adjacent to an activating group) is 1. The van der Waals surface area contributed by atoms with E-state index >= 15 is 0 Å². The molecule has 0 aliphatic carbocycles. The van der Waals surface area contributed by atoms with Gasteiger partial charge in [-0.15, -0.1) is 6.58 Å². The lowest BCUT2D eigenvalue weighted by Gasteiger charge is -2.23. The van der Waals surface area contributed by atoms with E-state index in [2.05, 4.69) is 11.9 Å². The molecule has 0 aromatic heterocycles. The van der Waals surface area contributed by atoms with Gasteiger partial charge in [-0.05, 0) is 0 Å². The Hall–Kier alpha value is -1.56. The highest BCUT2D eigenvalue weighted by molar-refractivity contribution is 5.65. The molecule has 0 radical (unpaired) electrons. The van der Waals surface area contributed by atoms with E-state index in [9.17, 15) is 14.7 Å². The average Bonchev–Trinajstić information content (AvgIpc) is 1.96.